The molecule has 0 aliphatic carbocycles. The summed E-state index contributed by atoms with van der Waals surface area (Å²) >= 11 is 1.29. The number of fused-ring (bicyclic) bond motifs is 2. The molecule has 144 valence electrons. The standard InChI is InChI=1S/C21H14FN3O3S/c1-2-15-23-24-21(29-15)25-17(11-6-4-3-5-7-11)16-18(26)13-10-12(22)8-9-14(13)28-19(16)20(25)27/h3-10,17H,2H2,1H3. The van der Waals surface area contributed by atoms with E-state index in [1.54, 1.807) is 0 Å². The number of hydrogen-bond acceptors (Lipinski definition) is 6. The van der Waals surface area contributed by atoms with Crippen LogP contribution in [0.2, 0.25) is 0 Å². The van der Waals surface area contributed by atoms with Gasteiger partial charge in [-0.1, -0.05) is 48.6 Å². The molecule has 2 aromatic heterocycles. The summed E-state index contributed by atoms with van der Waals surface area (Å²) in [7, 11) is 0. The van der Waals surface area contributed by atoms with E-state index < -0.39 is 23.2 Å². The van der Waals surface area contributed by atoms with Crippen molar-refractivity contribution in [1.29, 1.82) is 0 Å². The average molecular weight is 407 g/mol. The largest absolute Gasteiger partial charge is 0.450 e. The molecule has 3 heterocycles. The van der Waals surface area contributed by atoms with Crippen LogP contribution in [-0.2, 0) is 6.42 Å². The first kappa shape index (κ1) is 17.7. The van der Waals surface area contributed by atoms with E-state index in [2.05, 4.69) is 10.2 Å². The molecule has 8 heteroatoms. The second-order valence-electron chi connectivity index (χ2n) is 6.63. The van der Waals surface area contributed by atoms with Gasteiger partial charge in [-0.05, 0) is 30.2 Å². The zero-order valence-electron chi connectivity index (χ0n) is 15.3. The van der Waals surface area contributed by atoms with Crippen molar-refractivity contribution in [3.05, 3.63) is 86.5 Å². The number of anilines is 1. The summed E-state index contributed by atoms with van der Waals surface area (Å²) in [5.74, 6) is -1.05. The maximum Gasteiger partial charge on any atom is 0.297 e. The monoisotopic (exact) mass is 407 g/mol. The van der Waals surface area contributed by atoms with Crippen LogP contribution in [0.5, 0.6) is 0 Å². The molecule has 0 N–H and O–H groups in total. The molecule has 0 fully saturated rings. The summed E-state index contributed by atoms with van der Waals surface area (Å²) in [6, 6.07) is 12.1. The summed E-state index contributed by atoms with van der Waals surface area (Å²) in [4.78, 5) is 28.0. The Morgan fingerprint density at radius 3 is 2.66 bits per heavy atom. The Kier molecular flexibility index (Phi) is 4.02. The van der Waals surface area contributed by atoms with Crippen molar-refractivity contribution in [1.82, 2.24) is 10.2 Å². The zero-order chi connectivity index (χ0) is 20.1. The fraction of sp³-hybridized carbons (Fsp3) is 0.143. The zero-order valence-corrected chi connectivity index (χ0v) is 16.1. The molecule has 1 aliphatic heterocycles. The van der Waals surface area contributed by atoms with Crippen molar-refractivity contribution < 1.29 is 13.6 Å². The number of halogens is 1. The minimum Gasteiger partial charge on any atom is -0.450 e. The van der Waals surface area contributed by atoms with E-state index in [-0.39, 0.29) is 22.3 Å². The fourth-order valence-corrected chi connectivity index (χ4v) is 4.38. The Hall–Kier alpha value is -3.39. The molecule has 0 radical (unpaired) electrons. The van der Waals surface area contributed by atoms with Gasteiger partial charge in [0.2, 0.25) is 10.9 Å². The molecule has 1 unspecified atom stereocenters. The summed E-state index contributed by atoms with van der Waals surface area (Å²) in [6.07, 6.45) is 0.684. The van der Waals surface area contributed by atoms with E-state index in [0.29, 0.717) is 11.6 Å². The lowest BCUT2D eigenvalue weighted by Gasteiger charge is -2.21. The van der Waals surface area contributed by atoms with Crippen LogP contribution >= 0.6 is 11.3 Å². The highest BCUT2D eigenvalue weighted by molar-refractivity contribution is 7.15. The van der Waals surface area contributed by atoms with Crippen LogP contribution in [0, 0.1) is 5.82 Å². The highest BCUT2D eigenvalue weighted by Gasteiger charge is 2.45. The van der Waals surface area contributed by atoms with Crippen molar-refractivity contribution >= 4 is 33.3 Å². The fourth-order valence-electron chi connectivity index (χ4n) is 3.58. The van der Waals surface area contributed by atoms with Gasteiger partial charge in [-0.2, -0.15) is 0 Å². The van der Waals surface area contributed by atoms with Gasteiger partial charge < -0.3 is 4.42 Å². The van der Waals surface area contributed by atoms with Crippen LogP contribution in [-0.4, -0.2) is 16.1 Å². The third kappa shape index (κ3) is 2.67. The Bertz CT molecular complexity index is 1320. The first-order valence-corrected chi connectivity index (χ1v) is 9.87. The van der Waals surface area contributed by atoms with Gasteiger partial charge >= 0.3 is 0 Å². The van der Waals surface area contributed by atoms with Crippen molar-refractivity contribution in [2.24, 2.45) is 0 Å². The lowest BCUT2D eigenvalue weighted by molar-refractivity contribution is 0.0970. The van der Waals surface area contributed by atoms with Gasteiger partial charge in [-0.15, -0.1) is 10.2 Å². The van der Waals surface area contributed by atoms with Gasteiger partial charge in [0.25, 0.3) is 5.91 Å². The normalized spacial score (nSPS) is 15.9. The smallest absolute Gasteiger partial charge is 0.297 e. The number of aryl methyl sites for hydroxylation is 1. The van der Waals surface area contributed by atoms with Crippen LogP contribution in [0.15, 0.2) is 57.7 Å². The second kappa shape index (κ2) is 6.59. The lowest BCUT2D eigenvalue weighted by Crippen LogP contribution is -2.29. The highest BCUT2D eigenvalue weighted by Crippen LogP contribution is 2.42. The van der Waals surface area contributed by atoms with Crippen LogP contribution in [0.1, 0.15) is 39.7 Å². The van der Waals surface area contributed by atoms with Crippen molar-refractivity contribution in [3.63, 3.8) is 0 Å². The molecule has 4 aromatic rings. The predicted molar refractivity (Wildman–Crippen MR) is 107 cm³/mol. The topological polar surface area (TPSA) is 76.3 Å². The molecule has 0 saturated heterocycles. The predicted octanol–water partition coefficient (Wildman–Crippen LogP) is 4.10. The maximum absolute atomic E-state index is 13.8. The minimum absolute atomic E-state index is 0.0452. The van der Waals surface area contributed by atoms with Gasteiger partial charge in [0.05, 0.1) is 17.0 Å². The third-order valence-corrected chi connectivity index (χ3v) is 5.98. The Morgan fingerprint density at radius 1 is 1.14 bits per heavy atom. The van der Waals surface area contributed by atoms with Gasteiger partial charge in [-0.25, -0.2) is 4.39 Å². The maximum atomic E-state index is 13.8. The Balaban J connectivity index is 1.81. The number of carbonyl (C=O) groups excluding carboxylic acids is 1. The number of amides is 1. The molecule has 29 heavy (non-hydrogen) atoms. The van der Waals surface area contributed by atoms with Crippen LogP contribution in [0.3, 0.4) is 0 Å². The molecular formula is C21H14FN3O3S. The van der Waals surface area contributed by atoms with Gasteiger partial charge in [0.15, 0.2) is 5.43 Å². The molecule has 2 aromatic carbocycles. The number of aromatic nitrogens is 2. The third-order valence-electron chi connectivity index (χ3n) is 4.91. The van der Waals surface area contributed by atoms with Crippen molar-refractivity contribution in [2.75, 3.05) is 4.90 Å². The SMILES string of the molecule is CCc1nnc(N2C(=O)c3oc4ccc(F)cc4c(=O)c3C2c2ccccc2)s1. The van der Waals surface area contributed by atoms with Crippen molar-refractivity contribution in [3.8, 4) is 0 Å². The molecule has 0 spiro atoms. The summed E-state index contributed by atoms with van der Waals surface area (Å²) in [6.45, 7) is 1.95. The molecular weight excluding hydrogens is 393 g/mol. The number of carbonyl (C=O) groups is 1. The van der Waals surface area contributed by atoms with Gasteiger partial charge in [-0.3, -0.25) is 14.5 Å². The van der Waals surface area contributed by atoms with Crippen LogP contribution < -0.4 is 10.3 Å². The quantitative estimate of drug-likeness (QED) is 0.511. The summed E-state index contributed by atoms with van der Waals surface area (Å²) in [5.41, 5.74) is 0.665. The lowest BCUT2D eigenvalue weighted by atomic mass is 9.99. The Morgan fingerprint density at radius 2 is 1.93 bits per heavy atom. The minimum atomic E-state index is -0.722. The first-order chi connectivity index (χ1) is 14.1. The molecule has 0 saturated carbocycles. The molecule has 1 aliphatic rings. The van der Waals surface area contributed by atoms with E-state index >= 15 is 0 Å². The van der Waals surface area contributed by atoms with E-state index in [1.165, 1.54) is 28.4 Å². The van der Waals surface area contributed by atoms with E-state index in [0.717, 1.165) is 16.6 Å². The van der Waals surface area contributed by atoms with Crippen LogP contribution in [0.4, 0.5) is 9.52 Å². The van der Waals surface area contributed by atoms with Crippen molar-refractivity contribution in [2.45, 2.75) is 19.4 Å². The summed E-state index contributed by atoms with van der Waals surface area (Å²) in [5, 5.41) is 9.54. The molecule has 6 nitrogen and oxygen atoms in total. The summed E-state index contributed by atoms with van der Waals surface area (Å²) < 4.78 is 19.6. The second-order valence-corrected chi connectivity index (χ2v) is 7.68. The molecule has 1 atom stereocenters. The molecule has 5 rings (SSSR count). The van der Waals surface area contributed by atoms with E-state index in [9.17, 15) is 14.0 Å². The molecule has 0 bridgehead atoms. The van der Waals surface area contributed by atoms with Crippen LogP contribution in [0.25, 0.3) is 11.0 Å². The average Bonchev–Trinajstić information content (AvgIpc) is 3.32. The number of rotatable bonds is 3. The number of benzene rings is 2. The highest BCUT2D eigenvalue weighted by atomic mass is 32.1. The number of hydrogen-bond donors (Lipinski definition) is 0. The first-order valence-electron chi connectivity index (χ1n) is 9.05. The van der Waals surface area contributed by atoms with Gasteiger partial charge in [0, 0.05) is 0 Å². The van der Waals surface area contributed by atoms with Gasteiger partial charge in [0.1, 0.15) is 16.4 Å². The van der Waals surface area contributed by atoms with E-state index in [4.69, 9.17) is 4.42 Å². The number of nitrogens with zero attached hydrogens (tertiary/aromatic N) is 3. The molecule has 1 amide bonds. The van der Waals surface area contributed by atoms with E-state index in [1.807, 2.05) is 37.3 Å². The Labute approximate surface area is 168 Å².